The Kier molecular flexibility index (Phi) is 13.1. The van der Waals surface area contributed by atoms with Crippen molar-refractivity contribution in [3.05, 3.63) is 0 Å². The number of hydrogen-bond acceptors (Lipinski definition) is 0. The summed E-state index contributed by atoms with van der Waals surface area (Å²) in [5.74, 6) is -5.34. The number of halogens is 1. The first-order valence-electron chi connectivity index (χ1n) is 13.6. The molecule has 0 rings (SSSR count). The van der Waals surface area contributed by atoms with E-state index in [0.29, 0.717) is 0 Å². The van der Waals surface area contributed by atoms with Crippen LogP contribution < -0.4 is 0 Å². The van der Waals surface area contributed by atoms with Crippen LogP contribution in [0.4, 0.5) is 0 Å². The molecule has 0 spiro atoms. The van der Waals surface area contributed by atoms with Gasteiger partial charge in [-0.25, -0.2) is 0 Å². The molecule has 205 valence electrons. The molecule has 0 heterocycles. The molecule has 32 heavy (non-hydrogen) atoms. The summed E-state index contributed by atoms with van der Waals surface area (Å²) in [6.07, 6.45) is 0. The van der Waals surface area contributed by atoms with E-state index in [1.807, 2.05) is 0 Å². The van der Waals surface area contributed by atoms with Crippen LogP contribution in [-0.2, 0) is 9.51 Å². The Hall–Kier alpha value is 2.28. The molecule has 0 atom stereocenters. The molecule has 0 saturated heterocycles. The van der Waals surface area contributed by atoms with Gasteiger partial charge in [-0.3, -0.25) is 0 Å². The third kappa shape index (κ3) is 4.55. The first-order chi connectivity index (χ1) is 14.2. The van der Waals surface area contributed by atoms with Crippen molar-refractivity contribution in [1.29, 1.82) is 0 Å². The summed E-state index contributed by atoms with van der Waals surface area (Å²) in [7, 11) is -1.44. The van der Waals surface area contributed by atoms with Gasteiger partial charge in [0.05, 0.1) is 0 Å². The van der Waals surface area contributed by atoms with Crippen LogP contribution in [0.2, 0.25) is 0 Å². The fourth-order valence-corrected chi connectivity index (χ4v) is 152. The molecule has 0 unspecified atom stereocenters. The molecule has 0 aliphatic carbocycles. The van der Waals surface area contributed by atoms with Crippen molar-refractivity contribution in [2.75, 3.05) is 0 Å². The van der Waals surface area contributed by atoms with E-state index in [0.717, 1.165) is 50.9 Å². The molecule has 0 aromatic carbocycles. The van der Waals surface area contributed by atoms with Crippen LogP contribution in [0.25, 0.3) is 0 Å². The van der Waals surface area contributed by atoms with Crippen molar-refractivity contribution in [2.45, 2.75) is 176 Å². The van der Waals surface area contributed by atoms with Crippen molar-refractivity contribution in [3.63, 3.8) is 0 Å². The third-order valence-corrected chi connectivity index (χ3v) is 92.6. The van der Waals surface area contributed by atoms with E-state index in [9.17, 15) is 0 Å². The maximum absolute atomic E-state index is 5.26. The molecular weight excluding hydrogens is 556 g/mol. The fraction of sp³-hybridized carbons (Fsp3) is 1.00. The molecule has 0 amide bonds. The maximum atomic E-state index is 5.26. The van der Waals surface area contributed by atoms with E-state index >= 15 is 0 Å². The van der Waals surface area contributed by atoms with Crippen molar-refractivity contribution in [2.24, 2.45) is 0 Å². The van der Waals surface area contributed by atoms with Gasteiger partial charge in [-0.15, -0.1) is 0 Å². The van der Waals surface area contributed by atoms with Gasteiger partial charge in [-0.05, 0) is 0 Å². The van der Waals surface area contributed by atoms with E-state index in [1.165, 1.54) is 0 Å². The van der Waals surface area contributed by atoms with Crippen LogP contribution in [0.3, 0.4) is 0 Å². The van der Waals surface area contributed by atoms with E-state index in [1.54, 1.807) is 0 Å². The summed E-state index contributed by atoms with van der Waals surface area (Å²) in [4.78, 5) is 0. The minimum atomic E-state index is -1.78. The molecule has 0 aromatic rings. The van der Waals surface area contributed by atoms with Gasteiger partial charge in [0.15, 0.2) is 0 Å². The van der Waals surface area contributed by atoms with E-state index in [4.69, 9.17) is 14.2 Å². The fourth-order valence-electron chi connectivity index (χ4n) is 9.14. The Morgan fingerprint density at radius 3 is 0.469 bits per heavy atom. The summed E-state index contributed by atoms with van der Waals surface area (Å²) in [6.45, 7) is 47.8. The second kappa shape index (κ2) is 12.2. The molecule has 0 nitrogen and oxygen atoms in total. The summed E-state index contributed by atoms with van der Waals surface area (Å²) in [5, 5.41) is 0. The zero-order chi connectivity index (χ0) is 26.2. The Bertz CT molecular complexity index is 435. The molecule has 0 fully saturated rings. The average Bonchev–Trinajstić information content (AvgIpc) is 2.52. The summed E-state index contributed by atoms with van der Waals surface area (Å²) in [5.41, 5.74) is 7.38. The third-order valence-electron chi connectivity index (χ3n) is 8.93. The van der Waals surface area contributed by atoms with Crippen molar-refractivity contribution in [3.8, 4) is 0 Å². The Morgan fingerprint density at radius 1 is 0.312 bits per heavy atom. The summed E-state index contributed by atoms with van der Waals surface area (Å²) in [6, 6.07) is 0. The zero-order valence-corrected chi connectivity index (χ0v) is 31.0. The van der Waals surface area contributed by atoms with Crippen molar-refractivity contribution < 1.29 is 9.51 Å². The van der Waals surface area contributed by atoms with Gasteiger partial charge >= 0.3 is 217 Å². The quantitative estimate of drug-likeness (QED) is 0.190. The molecule has 0 saturated carbocycles. The monoisotopic (exact) mass is 621 g/mol. The zero-order valence-electron chi connectivity index (χ0n) is 25.4. The first-order valence-corrected chi connectivity index (χ1v) is 27.1. The van der Waals surface area contributed by atoms with Gasteiger partial charge < -0.3 is 0 Å². The first kappa shape index (κ1) is 34.3. The summed E-state index contributed by atoms with van der Waals surface area (Å²) >= 11 is 5.26. The SMILES string of the molecule is CC(C)[PH](C(C)C)(C(C)C)[Co]([Br])([PH](C(C)C)(C(C)C)C(C)C)[PH](C(C)C)(C(C)C)C(C)C. The van der Waals surface area contributed by atoms with Crippen LogP contribution in [-0.4, -0.2) is 50.9 Å². The van der Waals surface area contributed by atoms with E-state index < -0.39 is 27.5 Å². The molecule has 0 aliphatic heterocycles. The second-order valence-corrected chi connectivity index (χ2v) is 57.4. The summed E-state index contributed by atoms with van der Waals surface area (Å²) < 4.78 is 0. The van der Waals surface area contributed by atoms with Crippen molar-refractivity contribution in [1.82, 2.24) is 0 Å². The van der Waals surface area contributed by atoms with Gasteiger partial charge in [0.2, 0.25) is 0 Å². The normalized spacial score (nSPS) is 19.4. The predicted molar refractivity (Wildman–Crippen MR) is 170 cm³/mol. The second-order valence-electron chi connectivity index (χ2n) is 13.2. The molecule has 5 heteroatoms. The Labute approximate surface area is 216 Å². The Morgan fingerprint density at radius 2 is 0.406 bits per heavy atom. The topological polar surface area (TPSA) is 0 Å². The number of rotatable bonds is 12. The minimum absolute atomic E-state index is 0.820. The van der Waals surface area contributed by atoms with E-state index in [-0.39, 0.29) is 0 Å². The van der Waals surface area contributed by atoms with Crippen molar-refractivity contribution >= 4 is 32.2 Å². The molecule has 0 N–H and O–H groups in total. The Balaban J connectivity index is 8.62. The molecule has 0 aromatic heterocycles. The molecule has 0 radical (unpaired) electrons. The van der Waals surface area contributed by atoms with Crippen LogP contribution in [0.5, 0.6) is 0 Å². The van der Waals surface area contributed by atoms with Gasteiger partial charge in [-0.2, -0.15) is 0 Å². The molecular formula is C27H66BrCoP3. The predicted octanol–water partition coefficient (Wildman–Crippen LogP) is 11.1. The van der Waals surface area contributed by atoms with Gasteiger partial charge in [0.1, 0.15) is 0 Å². The molecule has 0 bridgehead atoms. The number of hydrogen-bond donors (Lipinski definition) is 0. The van der Waals surface area contributed by atoms with Gasteiger partial charge in [0, 0.05) is 0 Å². The van der Waals surface area contributed by atoms with Gasteiger partial charge in [0.25, 0.3) is 0 Å². The van der Waals surface area contributed by atoms with Crippen LogP contribution in [0, 0.1) is 0 Å². The average molecular weight is 623 g/mol. The standard InChI is InChI=1S/3C9H21P.BrH.Co/c3*1-7(2)10(8(3)4)9(5)6;;/h3*7-9H,1-6H3;1H;/q;;;;-2/p+2. The van der Waals surface area contributed by atoms with Crippen LogP contribution >= 0.6 is 32.2 Å². The van der Waals surface area contributed by atoms with Gasteiger partial charge in [-0.1, -0.05) is 0 Å². The van der Waals surface area contributed by atoms with E-state index in [2.05, 4.69) is 125 Å². The molecule has 0 aliphatic rings. The van der Waals surface area contributed by atoms with Crippen LogP contribution in [0.15, 0.2) is 0 Å². The van der Waals surface area contributed by atoms with Crippen LogP contribution in [0.1, 0.15) is 125 Å².